The minimum atomic E-state index is -0.893. The molecule has 1 aromatic rings. The number of hydrogen-bond donors (Lipinski definition) is 2. The van der Waals surface area contributed by atoms with E-state index in [2.05, 4.69) is 5.32 Å². The maximum atomic E-state index is 13.1. The van der Waals surface area contributed by atoms with Crippen molar-refractivity contribution < 1.29 is 14.4 Å². The van der Waals surface area contributed by atoms with E-state index in [0.717, 1.165) is 6.07 Å². The number of aliphatic hydroxyl groups excluding tert-OH is 1. The van der Waals surface area contributed by atoms with E-state index in [4.69, 9.17) is 5.11 Å². The van der Waals surface area contributed by atoms with Gasteiger partial charge in [-0.25, -0.2) is 0 Å². The second-order valence-electron chi connectivity index (χ2n) is 3.12. The van der Waals surface area contributed by atoms with Crippen molar-refractivity contribution >= 4 is 11.4 Å². The zero-order chi connectivity index (χ0) is 11.4. The number of rotatable bonds is 4. The van der Waals surface area contributed by atoms with Gasteiger partial charge in [0.05, 0.1) is 11.0 Å². The largest absolute Gasteiger partial charge is 0.392 e. The molecule has 1 unspecified atom stereocenters. The summed E-state index contributed by atoms with van der Waals surface area (Å²) in [6.07, 6.45) is -0.659. The van der Waals surface area contributed by atoms with Gasteiger partial charge < -0.3 is 10.4 Å². The Balaban J connectivity index is 2.96. The van der Waals surface area contributed by atoms with Gasteiger partial charge in [0.25, 0.3) is 0 Å². The molecule has 1 rings (SSSR count). The molecule has 0 bridgehead atoms. The highest BCUT2D eigenvalue weighted by atomic mass is 19.1. The fourth-order valence-electron chi connectivity index (χ4n) is 1.10. The molecule has 0 saturated carbocycles. The number of nitro groups is 1. The van der Waals surface area contributed by atoms with Crippen molar-refractivity contribution in [2.75, 3.05) is 11.9 Å². The molecule has 0 saturated heterocycles. The molecule has 0 aromatic heterocycles. The zero-order valence-electron chi connectivity index (χ0n) is 8.11. The maximum absolute atomic E-state index is 13.1. The third-order valence-electron chi connectivity index (χ3n) is 1.76. The number of para-hydroxylation sites is 1. The Morgan fingerprint density at radius 2 is 2.33 bits per heavy atom. The van der Waals surface area contributed by atoms with Crippen LogP contribution >= 0.6 is 0 Å². The Kier molecular flexibility index (Phi) is 3.56. The predicted octanol–water partition coefficient (Wildman–Crippen LogP) is 1.53. The fourth-order valence-corrected chi connectivity index (χ4v) is 1.10. The van der Waals surface area contributed by atoms with Crippen molar-refractivity contribution in [3.05, 3.63) is 34.1 Å². The molecule has 15 heavy (non-hydrogen) atoms. The lowest BCUT2D eigenvalue weighted by molar-refractivity contribution is -0.386. The molecule has 0 aliphatic carbocycles. The van der Waals surface area contributed by atoms with Crippen LogP contribution < -0.4 is 5.32 Å². The number of aliphatic hydroxyl groups is 1. The molecule has 0 amide bonds. The molecule has 0 radical (unpaired) electrons. The van der Waals surface area contributed by atoms with E-state index < -0.39 is 22.5 Å². The Hall–Kier alpha value is -1.69. The van der Waals surface area contributed by atoms with E-state index in [1.54, 1.807) is 0 Å². The van der Waals surface area contributed by atoms with Crippen LogP contribution in [-0.4, -0.2) is 22.7 Å². The van der Waals surface area contributed by atoms with Gasteiger partial charge in [-0.15, -0.1) is 0 Å². The van der Waals surface area contributed by atoms with E-state index in [9.17, 15) is 14.5 Å². The molecule has 0 aliphatic rings. The van der Waals surface area contributed by atoms with Crippen LogP contribution in [0.4, 0.5) is 15.8 Å². The number of nitrogens with one attached hydrogen (secondary N) is 1. The van der Waals surface area contributed by atoms with E-state index in [1.165, 1.54) is 19.1 Å². The van der Waals surface area contributed by atoms with Gasteiger partial charge in [-0.1, -0.05) is 6.07 Å². The van der Waals surface area contributed by atoms with E-state index in [-0.39, 0.29) is 12.2 Å². The minimum absolute atomic E-state index is 0.0703. The highest BCUT2D eigenvalue weighted by Crippen LogP contribution is 2.26. The summed E-state index contributed by atoms with van der Waals surface area (Å²) in [5.74, 6) is -0.893. The summed E-state index contributed by atoms with van der Waals surface area (Å²) >= 11 is 0. The summed E-state index contributed by atoms with van der Waals surface area (Å²) in [6.45, 7) is 1.66. The van der Waals surface area contributed by atoms with E-state index in [0.29, 0.717) is 0 Å². The average molecular weight is 214 g/mol. The van der Waals surface area contributed by atoms with Crippen molar-refractivity contribution in [3.63, 3.8) is 0 Å². The molecule has 6 heteroatoms. The lowest BCUT2D eigenvalue weighted by atomic mass is 10.2. The number of anilines is 1. The summed E-state index contributed by atoms with van der Waals surface area (Å²) in [7, 11) is 0. The van der Waals surface area contributed by atoms with Crippen molar-refractivity contribution in [2.24, 2.45) is 0 Å². The smallest absolute Gasteiger partial charge is 0.327 e. The van der Waals surface area contributed by atoms with Crippen LogP contribution in [0.15, 0.2) is 18.2 Å². The number of halogens is 1. The summed E-state index contributed by atoms with van der Waals surface area (Å²) in [6, 6.07) is 3.78. The molecule has 0 aliphatic heterocycles. The highest BCUT2D eigenvalue weighted by molar-refractivity contribution is 5.61. The Bertz CT molecular complexity index is 368. The van der Waals surface area contributed by atoms with E-state index in [1.807, 2.05) is 0 Å². The first-order valence-corrected chi connectivity index (χ1v) is 4.37. The van der Waals surface area contributed by atoms with Gasteiger partial charge in [0, 0.05) is 6.54 Å². The quantitative estimate of drug-likeness (QED) is 0.588. The molecular formula is C9H11FN2O3. The zero-order valence-corrected chi connectivity index (χ0v) is 8.11. The standard InChI is InChI=1S/C9H11FN2O3/c1-6(13)5-11-8-4-2-3-7(10)9(8)12(14)15/h2-4,6,11,13H,5H2,1H3. The lowest BCUT2D eigenvalue weighted by Crippen LogP contribution is -2.16. The molecule has 0 spiro atoms. The normalized spacial score (nSPS) is 12.2. The fraction of sp³-hybridized carbons (Fsp3) is 0.333. The van der Waals surface area contributed by atoms with Crippen LogP contribution in [0.2, 0.25) is 0 Å². The first-order chi connectivity index (χ1) is 7.02. The van der Waals surface area contributed by atoms with Crippen molar-refractivity contribution in [1.29, 1.82) is 0 Å². The van der Waals surface area contributed by atoms with Gasteiger partial charge in [0.1, 0.15) is 5.69 Å². The first-order valence-electron chi connectivity index (χ1n) is 4.37. The van der Waals surface area contributed by atoms with Gasteiger partial charge in [0.15, 0.2) is 0 Å². The average Bonchev–Trinajstić information content (AvgIpc) is 2.13. The van der Waals surface area contributed by atoms with E-state index >= 15 is 0 Å². The number of hydrogen-bond acceptors (Lipinski definition) is 4. The van der Waals surface area contributed by atoms with Gasteiger partial charge in [-0.05, 0) is 19.1 Å². The van der Waals surface area contributed by atoms with Gasteiger partial charge >= 0.3 is 5.69 Å². The third kappa shape index (κ3) is 2.88. The monoisotopic (exact) mass is 214 g/mol. The molecule has 0 heterocycles. The summed E-state index contributed by atoms with van der Waals surface area (Å²) < 4.78 is 13.1. The highest BCUT2D eigenvalue weighted by Gasteiger charge is 2.19. The Morgan fingerprint density at radius 3 is 2.87 bits per heavy atom. The Morgan fingerprint density at radius 1 is 1.67 bits per heavy atom. The van der Waals surface area contributed by atoms with Gasteiger partial charge in [-0.3, -0.25) is 10.1 Å². The molecule has 82 valence electrons. The summed E-state index contributed by atoms with van der Waals surface area (Å²) in [4.78, 5) is 9.76. The topological polar surface area (TPSA) is 75.4 Å². The minimum Gasteiger partial charge on any atom is -0.392 e. The van der Waals surface area contributed by atoms with Crippen molar-refractivity contribution in [1.82, 2.24) is 0 Å². The van der Waals surface area contributed by atoms with Crippen LogP contribution in [-0.2, 0) is 0 Å². The molecule has 1 aromatic carbocycles. The second kappa shape index (κ2) is 4.70. The third-order valence-corrected chi connectivity index (χ3v) is 1.76. The molecule has 0 fully saturated rings. The van der Waals surface area contributed by atoms with Crippen LogP contribution in [0.1, 0.15) is 6.92 Å². The summed E-state index contributed by atoms with van der Waals surface area (Å²) in [5, 5.41) is 22.1. The number of nitro benzene ring substituents is 1. The number of nitrogens with zero attached hydrogens (tertiary/aromatic N) is 1. The lowest BCUT2D eigenvalue weighted by Gasteiger charge is -2.08. The number of benzene rings is 1. The van der Waals surface area contributed by atoms with Gasteiger partial charge in [0.2, 0.25) is 5.82 Å². The maximum Gasteiger partial charge on any atom is 0.327 e. The molecule has 5 nitrogen and oxygen atoms in total. The molecular weight excluding hydrogens is 203 g/mol. The summed E-state index contributed by atoms with van der Waals surface area (Å²) in [5.41, 5.74) is -0.529. The van der Waals surface area contributed by atoms with Crippen molar-refractivity contribution in [3.8, 4) is 0 Å². The predicted molar refractivity (Wildman–Crippen MR) is 53.2 cm³/mol. The van der Waals surface area contributed by atoms with Crippen LogP contribution in [0, 0.1) is 15.9 Å². The van der Waals surface area contributed by atoms with Crippen LogP contribution in [0.25, 0.3) is 0 Å². The second-order valence-corrected chi connectivity index (χ2v) is 3.12. The Labute approximate surface area is 85.7 Å². The molecule has 2 N–H and O–H groups in total. The van der Waals surface area contributed by atoms with Crippen molar-refractivity contribution in [2.45, 2.75) is 13.0 Å². The van der Waals surface area contributed by atoms with Crippen LogP contribution in [0.3, 0.4) is 0 Å². The van der Waals surface area contributed by atoms with Gasteiger partial charge in [-0.2, -0.15) is 4.39 Å². The SMILES string of the molecule is CC(O)CNc1cccc(F)c1[N+](=O)[O-]. The molecule has 1 atom stereocenters. The first kappa shape index (κ1) is 11.4. The van der Waals surface area contributed by atoms with Crippen LogP contribution in [0.5, 0.6) is 0 Å².